The molecule has 2 aromatic rings. The van der Waals surface area contributed by atoms with Gasteiger partial charge >= 0.3 is 5.97 Å². The minimum Gasteiger partial charge on any atom is -0.482 e. The highest BCUT2D eigenvalue weighted by Crippen LogP contribution is 2.18. The Bertz CT molecular complexity index is 821. The zero-order chi connectivity index (χ0) is 19.1. The molecule has 1 atom stereocenters. The van der Waals surface area contributed by atoms with Crippen LogP contribution in [-0.2, 0) is 14.3 Å². The molecular weight excluding hydrogens is 358 g/mol. The first-order valence-electron chi connectivity index (χ1n) is 7.85. The number of carbonyl (C=O) groups excluding carboxylic acids is 3. The number of para-hydroxylation sites is 1. The summed E-state index contributed by atoms with van der Waals surface area (Å²) in [6, 6.07) is 13.2. The molecule has 2 aromatic carbocycles. The molecule has 0 saturated heterocycles. The number of halogens is 1. The van der Waals surface area contributed by atoms with E-state index in [1.165, 1.54) is 13.8 Å². The molecule has 136 valence electrons. The van der Waals surface area contributed by atoms with E-state index >= 15 is 0 Å². The van der Waals surface area contributed by atoms with Gasteiger partial charge in [0.15, 0.2) is 18.5 Å². The Hall–Kier alpha value is -2.86. The van der Waals surface area contributed by atoms with Crippen LogP contribution in [-0.4, -0.2) is 30.4 Å². The number of benzene rings is 2. The number of Topliss-reactive ketones (excluding diaryl/α,β-unsaturated/α-hetero) is 1. The zero-order valence-corrected chi connectivity index (χ0v) is 15.1. The molecule has 6 nitrogen and oxygen atoms in total. The number of ether oxygens (including phenoxy) is 2. The van der Waals surface area contributed by atoms with Gasteiger partial charge in [-0.1, -0.05) is 29.8 Å². The van der Waals surface area contributed by atoms with Crippen LogP contribution in [0.3, 0.4) is 0 Å². The van der Waals surface area contributed by atoms with Crippen LogP contribution in [0.15, 0.2) is 48.5 Å². The van der Waals surface area contributed by atoms with Crippen molar-refractivity contribution >= 4 is 34.9 Å². The highest BCUT2D eigenvalue weighted by Gasteiger charge is 2.20. The lowest BCUT2D eigenvalue weighted by atomic mass is 10.1. The van der Waals surface area contributed by atoms with Crippen molar-refractivity contribution in [2.75, 3.05) is 11.9 Å². The smallest absolute Gasteiger partial charge is 0.344 e. The first kappa shape index (κ1) is 19.5. The lowest BCUT2D eigenvalue weighted by molar-refractivity contribution is -0.155. The second-order valence-corrected chi connectivity index (χ2v) is 5.91. The van der Waals surface area contributed by atoms with Crippen LogP contribution in [0.5, 0.6) is 5.75 Å². The monoisotopic (exact) mass is 375 g/mol. The summed E-state index contributed by atoms with van der Waals surface area (Å²) in [4.78, 5) is 35.6. The van der Waals surface area contributed by atoms with Crippen LogP contribution in [0.1, 0.15) is 24.2 Å². The maximum atomic E-state index is 12.2. The van der Waals surface area contributed by atoms with Crippen molar-refractivity contribution in [3.8, 4) is 5.75 Å². The van der Waals surface area contributed by atoms with Gasteiger partial charge in [0.1, 0.15) is 5.75 Å². The number of ketones is 1. The van der Waals surface area contributed by atoms with Gasteiger partial charge in [-0.2, -0.15) is 0 Å². The summed E-state index contributed by atoms with van der Waals surface area (Å²) in [7, 11) is 0. The van der Waals surface area contributed by atoms with Crippen LogP contribution < -0.4 is 10.1 Å². The Morgan fingerprint density at radius 1 is 1.12 bits per heavy atom. The van der Waals surface area contributed by atoms with E-state index in [4.69, 9.17) is 21.1 Å². The van der Waals surface area contributed by atoms with Crippen molar-refractivity contribution in [2.24, 2.45) is 0 Å². The highest BCUT2D eigenvalue weighted by atomic mass is 35.5. The molecule has 0 heterocycles. The fraction of sp³-hybridized carbons (Fsp3) is 0.211. The van der Waals surface area contributed by atoms with Gasteiger partial charge in [0, 0.05) is 10.6 Å². The van der Waals surface area contributed by atoms with Gasteiger partial charge in [0.05, 0.1) is 5.69 Å². The van der Waals surface area contributed by atoms with E-state index in [-0.39, 0.29) is 12.4 Å². The van der Waals surface area contributed by atoms with Crippen molar-refractivity contribution in [2.45, 2.75) is 20.0 Å². The second kappa shape index (κ2) is 9.01. The lowest BCUT2D eigenvalue weighted by Gasteiger charge is -2.15. The molecule has 0 spiro atoms. The summed E-state index contributed by atoms with van der Waals surface area (Å²) in [6.45, 7) is 2.48. The van der Waals surface area contributed by atoms with E-state index in [1.54, 1.807) is 48.5 Å². The number of amides is 1. The van der Waals surface area contributed by atoms with Crippen molar-refractivity contribution in [1.82, 2.24) is 0 Å². The normalized spacial score (nSPS) is 11.3. The third kappa shape index (κ3) is 5.60. The number of esters is 1. The van der Waals surface area contributed by atoms with E-state index in [0.717, 1.165) is 0 Å². The molecule has 1 N–H and O–H groups in total. The molecule has 0 aliphatic heterocycles. The van der Waals surface area contributed by atoms with Crippen molar-refractivity contribution in [1.29, 1.82) is 0 Å². The average Bonchev–Trinajstić information content (AvgIpc) is 2.60. The molecule has 0 aromatic heterocycles. The molecule has 1 amide bonds. The van der Waals surface area contributed by atoms with Crippen LogP contribution in [0.4, 0.5) is 5.69 Å². The minimum absolute atomic E-state index is 0.180. The quantitative estimate of drug-likeness (QED) is 0.591. The number of hydrogen-bond donors (Lipinski definition) is 1. The van der Waals surface area contributed by atoms with Crippen LogP contribution in [0.2, 0.25) is 5.02 Å². The lowest BCUT2D eigenvalue weighted by Crippen LogP contribution is -2.32. The Morgan fingerprint density at radius 2 is 1.85 bits per heavy atom. The first-order chi connectivity index (χ1) is 12.4. The summed E-state index contributed by atoms with van der Waals surface area (Å²) in [5, 5.41) is 3.06. The predicted octanol–water partition coefficient (Wildman–Crippen LogP) is 3.49. The molecule has 0 aliphatic rings. The third-order valence-corrected chi connectivity index (χ3v) is 3.63. The Balaban J connectivity index is 1.88. The summed E-state index contributed by atoms with van der Waals surface area (Å²) < 4.78 is 10.3. The minimum atomic E-state index is -1.05. The molecule has 0 saturated carbocycles. The van der Waals surface area contributed by atoms with E-state index < -0.39 is 18.0 Å². The standard InChI is InChI=1S/C19H18ClNO5/c1-12(22)16-8-3-4-9-17(16)21-19(24)13(2)26-18(23)11-25-15-7-5-6-14(20)10-15/h3-10,13H,11H2,1-2H3,(H,21,24)/t13-/m1/s1. The van der Waals surface area contributed by atoms with Gasteiger partial charge in [-0.15, -0.1) is 0 Å². The third-order valence-electron chi connectivity index (χ3n) is 3.39. The Morgan fingerprint density at radius 3 is 2.54 bits per heavy atom. The number of hydrogen-bond acceptors (Lipinski definition) is 5. The maximum Gasteiger partial charge on any atom is 0.344 e. The molecule has 0 fully saturated rings. The summed E-state index contributed by atoms with van der Waals surface area (Å²) >= 11 is 5.82. The van der Waals surface area contributed by atoms with Gasteiger partial charge in [-0.3, -0.25) is 9.59 Å². The van der Waals surface area contributed by atoms with Crippen LogP contribution >= 0.6 is 11.6 Å². The van der Waals surface area contributed by atoms with Gasteiger partial charge in [0.25, 0.3) is 5.91 Å². The molecule has 7 heteroatoms. The van der Waals surface area contributed by atoms with E-state index in [1.807, 2.05) is 0 Å². The molecule has 0 bridgehead atoms. The average molecular weight is 376 g/mol. The van der Waals surface area contributed by atoms with Crippen LogP contribution in [0, 0.1) is 0 Å². The Kier molecular flexibility index (Phi) is 6.74. The van der Waals surface area contributed by atoms with Gasteiger partial charge in [0.2, 0.25) is 0 Å². The number of nitrogens with one attached hydrogen (secondary N) is 1. The fourth-order valence-corrected chi connectivity index (χ4v) is 2.30. The second-order valence-electron chi connectivity index (χ2n) is 5.47. The van der Waals surface area contributed by atoms with Gasteiger partial charge in [-0.05, 0) is 44.2 Å². The van der Waals surface area contributed by atoms with Crippen LogP contribution in [0.25, 0.3) is 0 Å². The molecule has 0 aliphatic carbocycles. The molecular formula is C19H18ClNO5. The summed E-state index contributed by atoms with van der Waals surface area (Å²) in [5.74, 6) is -1.01. The summed E-state index contributed by atoms with van der Waals surface area (Å²) in [5.41, 5.74) is 0.742. The first-order valence-corrected chi connectivity index (χ1v) is 8.23. The Labute approximate surface area is 156 Å². The maximum absolute atomic E-state index is 12.2. The van der Waals surface area contributed by atoms with Crippen molar-refractivity contribution < 1.29 is 23.9 Å². The van der Waals surface area contributed by atoms with Crippen molar-refractivity contribution in [3.63, 3.8) is 0 Å². The van der Waals surface area contributed by atoms with Gasteiger partial charge in [-0.25, -0.2) is 4.79 Å². The number of carbonyl (C=O) groups is 3. The number of rotatable bonds is 7. The predicted molar refractivity (Wildman–Crippen MR) is 97.6 cm³/mol. The van der Waals surface area contributed by atoms with E-state index in [2.05, 4.69) is 5.32 Å². The SMILES string of the molecule is CC(=O)c1ccccc1NC(=O)[C@@H](C)OC(=O)COc1cccc(Cl)c1. The zero-order valence-electron chi connectivity index (χ0n) is 14.3. The number of anilines is 1. The molecule has 2 rings (SSSR count). The molecule has 0 unspecified atom stereocenters. The fourth-order valence-electron chi connectivity index (χ4n) is 2.12. The molecule has 0 radical (unpaired) electrons. The van der Waals surface area contributed by atoms with Gasteiger partial charge < -0.3 is 14.8 Å². The largest absolute Gasteiger partial charge is 0.482 e. The topological polar surface area (TPSA) is 81.7 Å². The summed E-state index contributed by atoms with van der Waals surface area (Å²) in [6.07, 6.45) is -1.05. The highest BCUT2D eigenvalue weighted by molar-refractivity contribution is 6.30. The van der Waals surface area contributed by atoms with E-state index in [9.17, 15) is 14.4 Å². The van der Waals surface area contributed by atoms with Crippen molar-refractivity contribution in [3.05, 3.63) is 59.1 Å². The molecule has 26 heavy (non-hydrogen) atoms. The van der Waals surface area contributed by atoms with E-state index in [0.29, 0.717) is 22.0 Å².